The number of thiophene rings is 1. The van der Waals surface area contributed by atoms with Gasteiger partial charge in [-0.15, -0.1) is 11.3 Å². The topological polar surface area (TPSA) is 87.7 Å². The molecule has 3 N–H and O–H groups in total. The number of hydrogen-bond donors (Lipinski definition) is 3. The van der Waals surface area contributed by atoms with Crippen molar-refractivity contribution in [2.45, 2.75) is 52.7 Å². The number of fused-ring (bicyclic) bond motifs is 1. The lowest BCUT2D eigenvalue weighted by molar-refractivity contribution is -0.0843. The van der Waals surface area contributed by atoms with Crippen LogP contribution in [0.4, 0.5) is 5.00 Å². The van der Waals surface area contributed by atoms with Gasteiger partial charge in [-0.1, -0.05) is 32.9 Å². The monoisotopic (exact) mass is 524 g/mol. The van der Waals surface area contributed by atoms with E-state index in [0.29, 0.717) is 21.6 Å². The van der Waals surface area contributed by atoms with Gasteiger partial charge in [0, 0.05) is 15.3 Å². The third-order valence-corrected chi connectivity index (χ3v) is 7.22. The molecule has 0 fully saturated rings. The van der Waals surface area contributed by atoms with Crippen LogP contribution in [0, 0.1) is 5.41 Å². The predicted octanol–water partition coefficient (Wildman–Crippen LogP) is 5.77. The van der Waals surface area contributed by atoms with Crippen molar-refractivity contribution < 1.29 is 19.4 Å². The Labute approximate surface area is 199 Å². The van der Waals surface area contributed by atoms with E-state index in [1.165, 1.54) is 11.3 Å². The molecule has 1 atom stereocenters. The van der Waals surface area contributed by atoms with Gasteiger partial charge in [0.2, 0.25) is 0 Å². The molecule has 0 bridgehead atoms. The molecule has 0 saturated heterocycles. The Morgan fingerprint density at radius 1 is 1.29 bits per heavy atom. The van der Waals surface area contributed by atoms with Crippen molar-refractivity contribution in [1.29, 1.82) is 0 Å². The van der Waals surface area contributed by atoms with E-state index >= 15 is 0 Å². The smallest absolute Gasteiger partial charge is 0.339 e. The summed E-state index contributed by atoms with van der Waals surface area (Å²) in [4.78, 5) is 25.7. The summed E-state index contributed by atoms with van der Waals surface area (Å²) in [7, 11) is 0. The molecule has 9 heteroatoms. The van der Waals surface area contributed by atoms with Crippen LogP contribution in [0.3, 0.4) is 0 Å². The normalized spacial score (nSPS) is 17.5. The molecule has 1 aliphatic rings. The quantitative estimate of drug-likeness (QED) is 0.441. The fourth-order valence-electron chi connectivity index (χ4n) is 4.31. The molecule has 31 heavy (non-hydrogen) atoms. The molecule has 2 aromatic rings. The standard InChI is InChI=1S/C22H25BrN2O4S2/c1-21(2,3)16-14-13(10-29-22(16,4)5)31-18(15(14)19(27)28)25-20(30)24-17(26)11-8-6-7-9-12(11)23/h6-9,16H,10H2,1-5H3,(H,27,28)(H2,24,25,26,30). The summed E-state index contributed by atoms with van der Waals surface area (Å²) in [5.74, 6) is -1.56. The zero-order valence-corrected chi connectivity index (χ0v) is 21.2. The molecule has 166 valence electrons. The molecule has 0 saturated carbocycles. The Morgan fingerprint density at radius 3 is 2.52 bits per heavy atom. The number of aromatic carboxylic acids is 1. The number of hydrogen-bond acceptors (Lipinski definition) is 5. The number of amides is 1. The van der Waals surface area contributed by atoms with Crippen LogP contribution in [0.25, 0.3) is 0 Å². The van der Waals surface area contributed by atoms with E-state index in [1.54, 1.807) is 18.2 Å². The Bertz CT molecular complexity index is 1060. The summed E-state index contributed by atoms with van der Waals surface area (Å²) in [6.07, 6.45) is 0. The number of ether oxygens (including phenoxy) is 1. The Morgan fingerprint density at radius 2 is 1.94 bits per heavy atom. The number of benzene rings is 1. The third kappa shape index (κ3) is 4.84. The first-order valence-corrected chi connectivity index (χ1v) is 11.7. The minimum atomic E-state index is -1.04. The Hall–Kier alpha value is -1.81. The molecule has 6 nitrogen and oxygen atoms in total. The van der Waals surface area contributed by atoms with Gasteiger partial charge >= 0.3 is 5.97 Å². The summed E-state index contributed by atoms with van der Waals surface area (Å²) < 4.78 is 6.74. The number of carbonyl (C=O) groups is 2. The van der Waals surface area contributed by atoms with E-state index in [4.69, 9.17) is 17.0 Å². The molecule has 0 spiro atoms. The molecular formula is C22H25BrN2O4S2. The maximum atomic E-state index is 12.5. The van der Waals surface area contributed by atoms with Crippen LogP contribution in [-0.4, -0.2) is 27.7 Å². The third-order valence-electron chi connectivity index (χ3n) is 5.23. The van der Waals surface area contributed by atoms with Crippen molar-refractivity contribution >= 4 is 61.5 Å². The summed E-state index contributed by atoms with van der Waals surface area (Å²) in [5, 5.41) is 16.1. The highest BCUT2D eigenvalue weighted by atomic mass is 79.9. The average Bonchev–Trinajstić information content (AvgIpc) is 2.97. The van der Waals surface area contributed by atoms with E-state index in [2.05, 4.69) is 47.3 Å². The zero-order valence-electron chi connectivity index (χ0n) is 18.0. The highest BCUT2D eigenvalue weighted by molar-refractivity contribution is 9.10. The summed E-state index contributed by atoms with van der Waals surface area (Å²) in [6.45, 7) is 10.6. The van der Waals surface area contributed by atoms with Crippen LogP contribution in [0.2, 0.25) is 0 Å². The second-order valence-corrected chi connectivity index (χ2v) is 11.4. The van der Waals surface area contributed by atoms with E-state index < -0.39 is 11.6 Å². The lowest BCUT2D eigenvalue weighted by Crippen LogP contribution is -2.43. The van der Waals surface area contributed by atoms with Gasteiger partial charge in [0.15, 0.2) is 5.11 Å². The molecule has 2 heterocycles. The van der Waals surface area contributed by atoms with Gasteiger partial charge in [-0.25, -0.2) is 4.79 Å². The SMILES string of the molecule is CC(C)(C)C1c2c(sc(NC(=S)NC(=O)c3ccccc3Br)c2C(=O)O)COC1(C)C. The minimum absolute atomic E-state index is 0.0364. The first kappa shape index (κ1) is 23.8. The fraction of sp³-hybridized carbons (Fsp3) is 0.409. The number of rotatable bonds is 3. The van der Waals surface area contributed by atoms with Gasteiger partial charge in [-0.3, -0.25) is 10.1 Å². The second-order valence-electron chi connectivity index (χ2n) is 9.03. The van der Waals surface area contributed by atoms with Gasteiger partial charge in [-0.2, -0.15) is 0 Å². The number of halogens is 1. The molecule has 1 amide bonds. The maximum absolute atomic E-state index is 12.5. The number of thiocarbonyl (C=S) groups is 1. The van der Waals surface area contributed by atoms with Gasteiger partial charge in [0.05, 0.1) is 23.3 Å². The average molecular weight is 525 g/mol. The first-order chi connectivity index (χ1) is 14.3. The highest BCUT2D eigenvalue weighted by Gasteiger charge is 2.47. The van der Waals surface area contributed by atoms with E-state index in [1.807, 2.05) is 19.9 Å². The van der Waals surface area contributed by atoms with Crippen molar-refractivity contribution in [3.8, 4) is 0 Å². The molecule has 1 aromatic carbocycles. The molecule has 1 unspecified atom stereocenters. The number of carbonyl (C=O) groups excluding carboxylic acids is 1. The second kappa shape index (κ2) is 8.61. The van der Waals surface area contributed by atoms with Crippen molar-refractivity contribution in [3.05, 3.63) is 50.3 Å². The van der Waals surface area contributed by atoms with E-state index in [9.17, 15) is 14.7 Å². The lowest BCUT2D eigenvalue weighted by atomic mass is 9.66. The summed E-state index contributed by atoms with van der Waals surface area (Å²) >= 11 is 9.96. The van der Waals surface area contributed by atoms with Gasteiger partial charge in [0.25, 0.3) is 5.91 Å². The van der Waals surface area contributed by atoms with Crippen LogP contribution < -0.4 is 10.6 Å². The van der Waals surface area contributed by atoms with E-state index in [-0.39, 0.29) is 27.9 Å². The van der Waals surface area contributed by atoms with Crippen LogP contribution in [-0.2, 0) is 11.3 Å². The van der Waals surface area contributed by atoms with Gasteiger partial charge < -0.3 is 15.2 Å². The molecule has 1 aromatic heterocycles. The van der Waals surface area contributed by atoms with Crippen LogP contribution in [0.1, 0.15) is 71.7 Å². The van der Waals surface area contributed by atoms with E-state index in [0.717, 1.165) is 10.4 Å². The van der Waals surface area contributed by atoms with Crippen LogP contribution in [0.5, 0.6) is 0 Å². The largest absolute Gasteiger partial charge is 0.478 e. The summed E-state index contributed by atoms with van der Waals surface area (Å²) in [6, 6.07) is 6.99. The Kier molecular flexibility index (Phi) is 6.63. The maximum Gasteiger partial charge on any atom is 0.339 e. The van der Waals surface area contributed by atoms with Gasteiger partial charge in [-0.05, 0) is 65.1 Å². The molecule has 0 aliphatic carbocycles. The fourth-order valence-corrected chi connectivity index (χ4v) is 6.18. The number of carboxylic acids is 1. The number of carboxylic acid groups (broad SMARTS) is 1. The first-order valence-electron chi connectivity index (χ1n) is 9.72. The van der Waals surface area contributed by atoms with Crippen LogP contribution >= 0.6 is 39.5 Å². The lowest BCUT2D eigenvalue weighted by Gasteiger charge is -2.46. The number of anilines is 1. The molecule has 0 radical (unpaired) electrons. The van der Waals surface area contributed by atoms with Crippen LogP contribution in [0.15, 0.2) is 28.7 Å². The predicted molar refractivity (Wildman–Crippen MR) is 130 cm³/mol. The minimum Gasteiger partial charge on any atom is -0.478 e. The van der Waals surface area contributed by atoms with Crippen molar-refractivity contribution in [2.24, 2.45) is 5.41 Å². The molecule has 3 rings (SSSR count). The van der Waals surface area contributed by atoms with Gasteiger partial charge in [0.1, 0.15) is 5.00 Å². The van der Waals surface area contributed by atoms with Crippen molar-refractivity contribution in [2.75, 3.05) is 5.32 Å². The number of nitrogens with one attached hydrogen (secondary N) is 2. The zero-order chi connectivity index (χ0) is 23.1. The van der Waals surface area contributed by atoms with Crippen molar-refractivity contribution in [3.63, 3.8) is 0 Å². The Balaban J connectivity index is 1.94. The highest BCUT2D eigenvalue weighted by Crippen LogP contribution is 2.53. The summed E-state index contributed by atoms with van der Waals surface area (Å²) in [5.41, 5.74) is 0.647. The molecule has 1 aliphatic heterocycles. The van der Waals surface area contributed by atoms with Crippen molar-refractivity contribution in [1.82, 2.24) is 5.32 Å². The molecular weight excluding hydrogens is 500 g/mol.